The number of fused-ring (bicyclic) bond motifs is 1. The van der Waals surface area contributed by atoms with Gasteiger partial charge in [0.15, 0.2) is 5.78 Å². The lowest BCUT2D eigenvalue weighted by Crippen LogP contribution is -2.13. The first-order valence-corrected chi connectivity index (χ1v) is 9.00. The summed E-state index contributed by atoms with van der Waals surface area (Å²) in [6, 6.07) is 20.7. The minimum atomic E-state index is -0.207. The van der Waals surface area contributed by atoms with Gasteiger partial charge in [0.25, 0.3) is 0 Å². The maximum Gasteiger partial charge on any atom is 0.199 e. The van der Waals surface area contributed by atoms with E-state index in [1.165, 1.54) is 0 Å². The van der Waals surface area contributed by atoms with E-state index in [9.17, 15) is 9.90 Å². The first-order chi connectivity index (χ1) is 12.6. The third kappa shape index (κ3) is 2.06. The zero-order valence-corrected chi connectivity index (χ0v) is 15.1. The lowest BCUT2D eigenvalue weighted by Gasteiger charge is -2.20. The number of aliphatic hydroxyl groups is 1. The first-order valence-electron chi connectivity index (χ1n) is 8.21. The van der Waals surface area contributed by atoms with Gasteiger partial charge in [-0.2, -0.15) is 0 Å². The van der Waals surface area contributed by atoms with Gasteiger partial charge in [0.2, 0.25) is 0 Å². The molecule has 0 aliphatic heterocycles. The molecule has 1 N–H and O–H groups in total. The highest BCUT2D eigenvalue weighted by Gasteiger charge is 2.30. The Labute approximate surface area is 157 Å². The molecule has 1 aliphatic carbocycles. The lowest BCUT2D eigenvalue weighted by molar-refractivity contribution is 0.105. The maximum absolute atomic E-state index is 13.2. The molecule has 3 aromatic carbocycles. The fraction of sp³-hybridized carbons (Fsp3) is 0. The maximum atomic E-state index is 13.2. The predicted molar refractivity (Wildman–Crippen MR) is 107 cm³/mol. The summed E-state index contributed by atoms with van der Waals surface area (Å²) in [5.74, 6) is -0.226. The van der Waals surface area contributed by atoms with Gasteiger partial charge in [-0.3, -0.25) is 4.79 Å². The minimum absolute atomic E-state index is 0.0195. The Kier molecular flexibility index (Phi) is 3.24. The van der Waals surface area contributed by atoms with Gasteiger partial charge < -0.3 is 5.11 Å². The highest BCUT2D eigenvalue weighted by Crippen LogP contribution is 2.40. The Balaban J connectivity index is 1.83. The van der Waals surface area contributed by atoms with Gasteiger partial charge >= 0.3 is 0 Å². The smallest absolute Gasteiger partial charge is 0.199 e. The summed E-state index contributed by atoms with van der Waals surface area (Å²) >= 11 is 3.52. The number of aliphatic hydroxyl groups excluding tert-OH is 1. The molecule has 0 atom stereocenters. The third-order valence-electron chi connectivity index (χ3n) is 4.81. The van der Waals surface area contributed by atoms with Crippen molar-refractivity contribution < 1.29 is 9.90 Å². The first kappa shape index (κ1) is 15.3. The van der Waals surface area contributed by atoms with E-state index in [1.807, 2.05) is 54.6 Å². The van der Waals surface area contributed by atoms with Crippen molar-refractivity contribution in [1.29, 1.82) is 0 Å². The van der Waals surface area contributed by atoms with E-state index in [2.05, 4.69) is 20.9 Å². The summed E-state index contributed by atoms with van der Waals surface area (Å²) in [6.45, 7) is 0. The zero-order valence-electron chi connectivity index (χ0n) is 13.5. The molecule has 0 bridgehead atoms. The standard InChI is InChI=1S/C22H12BrNO2/c23-16-10-9-15-19-13(16)5-3-6-14(19)21(25)20(22(15)26)18-11-8-12-4-1-2-7-17(12)24-18/h1-11,25H. The molecule has 0 saturated carbocycles. The molecule has 5 rings (SSSR count). The van der Waals surface area contributed by atoms with Crippen molar-refractivity contribution in [3.63, 3.8) is 0 Å². The van der Waals surface area contributed by atoms with Crippen LogP contribution in [0.25, 0.3) is 33.0 Å². The number of rotatable bonds is 1. The van der Waals surface area contributed by atoms with E-state index in [-0.39, 0.29) is 17.1 Å². The lowest BCUT2D eigenvalue weighted by atomic mass is 9.85. The van der Waals surface area contributed by atoms with E-state index in [1.54, 1.807) is 12.1 Å². The number of carbonyl (C=O) groups excluding carboxylic acids is 1. The van der Waals surface area contributed by atoms with Crippen molar-refractivity contribution in [1.82, 2.24) is 4.98 Å². The quantitative estimate of drug-likeness (QED) is 0.440. The van der Waals surface area contributed by atoms with Gasteiger partial charge in [0, 0.05) is 26.4 Å². The Morgan fingerprint density at radius 1 is 0.846 bits per heavy atom. The summed E-state index contributed by atoms with van der Waals surface area (Å²) in [4.78, 5) is 17.8. The normalized spacial score (nSPS) is 13.7. The highest BCUT2D eigenvalue weighted by molar-refractivity contribution is 9.10. The van der Waals surface area contributed by atoms with Crippen LogP contribution in [0.3, 0.4) is 0 Å². The van der Waals surface area contributed by atoms with E-state index in [0.29, 0.717) is 16.8 Å². The van der Waals surface area contributed by atoms with E-state index in [4.69, 9.17) is 0 Å². The molecular formula is C22H12BrNO2. The van der Waals surface area contributed by atoms with Crippen LogP contribution in [0, 0.1) is 0 Å². The van der Waals surface area contributed by atoms with Crippen LogP contribution in [0.5, 0.6) is 0 Å². The summed E-state index contributed by atoms with van der Waals surface area (Å²) in [5, 5.41) is 13.6. The number of pyridine rings is 1. The Morgan fingerprint density at radius 3 is 2.58 bits per heavy atom. The SMILES string of the molecule is O=C1C(c2ccc3ccccc3n2)=C(O)c2cccc3c(Br)ccc1c23. The Hall–Kier alpha value is -2.98. The van der Waals surface area contributed by atoms with Gasteiger partial charge in [-0.05, 0) is 29.7 Å². The second kappa shape index (κ2) is 5.51. The molecule has 4 aromatic rings. The third-order valence-corrected chi connectivity index (χ3v) is 5.50. The van der Waals surface area contributed by atoms with Crippen molar-refractivity contribution in [2.24, 2.45) is 0 Å². The molecule has 0 amide bonds. The number of hydrogen-bond acceptors (Lipinski definition) is 3. The average molecular weight is 402 g/mol. The number of hydrogen-bond donors (Lipinski definition) is 1. The number of benzene rings is 3. The van der Waals surface area contributed by atoms with Gasteiger partial charge in [-0.1, -0.05) is 58.4 Å². The van der Waals surface area contributed by atoms with Gasteiger partial charge in [-0.15, -0.1) is 0 Å². The summed E-state index contributed by atoms with van der Waals surface area (Å²) in [5.41, 5.74) is 2.76. The van der Waals surface area contributed by atoms with Crippen molar-refractivity contribution >= 4 is 54.7 Å². The van der Waals surface area contributed by atoms with Crippen LogP contribution in [0.15, 0.2) is 71.2 Å². The van der Waals surface area contributed by atoms with Crippen LogP contribution in [-0.2, 0) is 0 Å². The second-order valence-corrected chi connectivity index (χ2v) is 7.12. The van der Waals surface area contributed by atoms with E-state index >= 15 is 0 Å². The van der Waals surface area contributed by atoms with E-state index in [0.717, 1.165) is 26.1 Å². The van der Waals surface area contributed by atoms with Crippen molar-refractivity contribution in [3.8, 4) is 0 Å². The van der Waals surface area contributed by atoms with Gasteiger partial charge in [0.05, 0.1) is 16.8 Å². The van der Waals surface area contributed by atoms with Crippen molar-refractivity contribution in [2.75, 3.05) is 0 Å². The average Bonchev–Trinajstić information content (AvgIpc) is 2.67. The molecule has 124 valence electrons. The molecule has 0 fully saturated rings. The van der Waals surface area contributed by atoms with Crippen LogP contribution >= 0.6 is 15.9 Å². The number of carbonyl (C=O) groups is 1. The number of nitrogens with zero attached hydrogens (tertiary/aromatic N) is 1. The van der Waals surface area contributed by atoms with Crippen LogP contribution < -0.4 is 0 Å². The number of allylic oxidation sites excluding steroid dienone is 1. The molecule has 0 spiro atoms. The fourth-order valence-corrected chi connectivity index (χ4v) is 4.04. The van der Waals surface area contributed by atoms with Crippen LogP contribution in [0.2, 0.25) is 0 Å². The molecule has 0 saturated heterocycles. The number of aromatic nitrogens is 1. The fourth-order valence-electron chi connectivity index (χ4n) is 3.58. The Bertz CT molecular complexity index is 1270. The van der Waals surface area contributed by atoms with Crippen LogP contribution in [-0.4, -0.2) is 15.9 Å². The number of halogens is 1. The molecule has 26 heavy (non-hydrogen) atoms. The highest BCUT2D eigenvalue weighted by atomic mass is 79.9. The Morgan fingerprint density at radius 2 is 1.69 bits per heavy atom. The molecule has 1 aliphatic rings. The molecule has 1 heterocycles. The zero-order chi connectivity index (χ0) is 17.8. The monoisotopic (exact) mass is 401 g/mol. The second-order valence-electron chi connectivity index (χ2n) is 6.27. The predicted octanol–water partition coefficient (Wildman–Crippen LogP) is 5.77. The van der Waals surface area contributed by atoms with Crippen LogP contribution in [0.1, 0.15) is 21.6 Å². The molecule has 4 heteroatoms. The molecule has 0 unspecified atom stereocenters. The number of ketones is 1. The number of para-hydroxylation sites is 1. The largest absolute Gasteiger partial charge is 0.506 e. The molecule has 1 aromatic heterocycles. The molecule has 3 nitrogen and oxygen atoms in total. The molecular weight excluding hydrogens is 390 g/mol. The number of Topliss-reactive ketones (excluding diaryl/α,β-unsaturated/α-hetero) is 1. The van der Waals surface area contributed by atoms with Gasteiger partial charge in [-0.25, -0.2) is 4.98 Å². The summed E-state index contributed by atoms with van der Waals surface area (Å²) < 4.78 is 0.894. The minimum Gasteiger partial charge on any atom is -0.506 e. The topological polar surface area (TPSA) is 50.2 Å². The van der Waals surface area contributed by atoms with E-state index < -0.39 is 0 Å². The molecule has 0 radical (unpaired) electrons. The van der Waals surface area contributed by atoms with Crippen molar-refractivity contribution in [2.45, 2.75) is 0 Å². The summed E-state index contributed by atoms with van der Waals surface area (Å²) in [6.07, 6.45) is 0. The van der Waals surface area contributed by atoms with Gasteiger partial charge in [0.1, 0.15) is 5.76 Å². The summed E-state index contributed by atoms with van der Waals surface area (Å²) in [7, 11) is 0. The van der Waals surface area contributed by atoms with Crippen molar-refractivity contribution in [3.05, 3.63) is 88.0 Å². The van der Waals surface area contributed by atoms with Crippen LogP contribution in [0.4, 0.5) is 0 Å².